The molecule has 1 rings (SSSR count). The quantitative estimate of drug-likeness (QED) is 0.736. The van der Waals surface area contributed by atoms with Crippen molar-refractivity contribution in [3.8, 4) is 11.8 Å². The van der Waals surface area contributed by atoms with E-state index in [0.29, 0.717) is 4.34 Å². The van der Waals surface area contributed by atoms with Crippen LogP contribution < -0.4 is 0 Å². The van der Waals surface area contributed by atoms with Gasteiger partial charge in [0.05, 0.1) is 4.34 Å². The molecule has 0 radical (unpaired) electrons. The molecule has 1 aromatic rings. The van der Waals surface area contributed by atoms with Crippen LogP contribution in [-0.4, -0.2) is 14.2 Å². The minimum atomic E-state index is -3.24. The highest BCUT2D eigenvalue weighted by atomic mass is 35.5. The predicted molar refractivity (Wildman–Crippen MR) is 54.8 cm³/mol. The molecular weight excluding hydrogens is 228 g/mol. The van der Waals surface area contributed by atoms with Gasteiger partial charge in [-0.25, -0.2) is 8.42 Å². The molecule has 0 amide bonds. The molecule has 0 aliphatic rings. The molecule has 0 fully saturated rings. The Balaban J connectivity index is 2.99. The number of hydrogen-bond donors (Lipinski definition) is 0. The maximum Gasteiger partial charge on any atom is 0.198 e. The van der Waals surface area contributed by atoms with Crippen LogP contribution in [-0.2, 0) is 9.84 Å². The van der Waals surface area contributed by atoms with Gasteiger partial charge >= 0.3 is 0 Å². The highest BCUT2D eigenvalue weighted by Gasteiger charge is 2.14. The second-order valence-corrected chi connectivity index (χ2v) is 6.18. The van der Waals surface area contributed by atoms with Gasteiger partial charge in [0.2, 0.25) is 0 Å². The molecule has 0 N–H and O–H groups in total. The second-order valence-electron chi connectivity index (χ2n) is 2.24. The Morgan fingerprint density at radius 3 is 2.69 bits per heavy atom. The van der Waals surface area contributed by atoms with Crippen LogP contribution in [0.2, 0.25) is 4.34 Å². The lowest BCUT2D eigenvalue weighted by Gasteiger charge is -1.93. The van der Waals surface area contributed by atoms with E-state index < -0.39 is 9.84 Å². The number of sulfone groups is 1. The fraction of sp³-hybridized carbons (Fsp3) is 0.250. The number of thiophene rings is 1. The van der Waals surface area contributed by atoms with Crippen LogP contribution in [0.4, 0.5) is 0 Å². The summed E-state index contributed by atoms with van der Waals surface area (Å²) in [5, 5.41) is 0. The van der Waals surface area contributed by atoms with E-state index in [1.54, 1.807) is 13.0 Å². The van der Waals surface area contributed by atoms with Crippen LogP contribution in [0, 0.1) is 11.8 Å². The molecule has 0 saturated carbocycles. The van der Waals surface area contributed by atoms with Gasteiger partial charge in [-0.05, 0) is 19.1 Å². The zero-order chi connectivity index (χ0) is 9.90. The zero-order valence-corrected chi connectivity index (χ0v) is 9.26. The summed E-state index contributed by atoms with van der Waals surface area (Å²) in [5.41, 5.74) is 0. The maximum absolute atomic E-state index is 11.5. The van der Waals surface area contributed by atoms with E-state index >= 15 is 0 Å². The van der Waals surface area contributed by atoms with Crippen LogP contribution >= 0.6 is 22.9 Å². The predicted octanol–water partition coefficient (Wildman–Crippen LogP) is 2.20. The van der Waals surface area contributed by atoms with Crippen molar-refractivity contribution in [3.63, 3.8) is 0 Å². The van der Waals surface area contributed by atoms with Crippen molar-refractivity contribution >= 4 is 32.8 Å². The average Bonchev–Trinajstić information content (AvgIpc) is 2.49. The Hall–Kier alpha value is -0.500. The second kappa shape index (κ2) is 4.14. The zero-order valence-electron chi connectivity index (χ0n) is 6.87. The molecule has 1 heterocycles. The van der Waals surface area contributed by atoms with Gasteiger partial charge in [-0.3, -0.25) is 0 Å². The van der Waals surface area contributed by atoms with Crippen molar-refractivity contribution in [1.82, 2.24) is 0 Å². The highest BCUT2D eigenvalue weighted by molar-refractivity contribution is 7.93. The average molecular weight is 235 g/mol. The SMILES string of the molecule is CC#CCS(=O)(=O)c1ccc(Cl)s1. The van der Waals surface area contributed by atoms with E-state index in [4.69, 9.17) is 11.6 Å². The Labute approximate surface area is 86.5 Å². The van der Waals surface area contributed by atoms with E-state index in [1.807, 2.05) is 0 Å². The summed E-state index contributed by atoms with van der Waals surface area (Å²) in [6, 6.07) is 3.07. The molecule has 0 aliphatic heterocycles. The summed E-state index contributed by atoms with van der Waals surface area (Å²) >= 11 is 6.67. The molecule has 0 unspecified atom stereocenters. The topological polar surface area (TPSA) is 34.1 Å². The third-order valence-corrected chi connectivity index (χ3v) is 4.61. The standard InChI is InChI=1S/C8H7ClO2S2/c1-2-3-6-13(10,11)8-5-4-7(9)12-8/h4-5H,6H2,1H3. The normalized spacial score (nSPS) is 10.6. The van der Waals surface area contributed by atoms with Crippen molar-refractivity contribution in [2.24, 2.45) is 0 Å². The van der Waals surface area contributed by atoms with Crippen LogP contribution in [0.3, 0.4) is 0 Å². The molecule has 13 heavy (non-hydrogen) atoms. The third-order valence-electron chi connectivity index (χ3n) is 1.29. The first kappa shape index (κ1) is 10.6. The lowest BCUT2D eigenvalue weighted by molar-refractivity contribution is 0.601. The van der Waals surface area contributed by atoms with Crippen molar-refractivity contribution < 1.29 is 8.42 Å². The lowest BCUT2D eigenvalue weighted by Crippen LogP contribution is -2.02. The van der Waals surface area contributed by atoms with E-state index in [-0.39, 0.29) is 9.96 Å². The fourth-order valence-corrected chi connectivity index (χ4v) is 3.32. The monoisotopic (exact) mass is 234 g/mol. The Morgan fingerprint density at radius 2 is 2.23 bits per heavy atom. The number of rotatable bonds is 2. The highest BCUT2D eigenvalue weighted by Crippen LogP contribution is 2.26. The van der Waals surface area contributed by atoms with Crippen molar-refractivity contribution in [1.29, 1.82) is 0 Å². The first-order chi connectivity index (χ1) is 6.06. The van der Waals surface area contributed by atoms with Crippen LogP contribution in [0.15, 0.2) is 16.3 Å². The Morgan fingerprint density at radius 1 is 1.54 bits per heavy atom. The third kappa shape index (κ3) is 2.73. The van der Waals surface area contributed by atoms with Gasteiger partial charge < -0.3 is 0 Å². The molecule has 1 aromatic heterocycles. The summed E-state index contributed by atoms with van der Waals surface area (Å²) in [4.78, 5) is 0. The molecule has 0 spiro atoms. The molecule has 0 aliphatic carbocycles. The molecule has 70 valence electrons. The minimum absolute atomic E-state index is 0.139. The molecular formula is C8H7ClO2S2. The number of hydrogen-bond acceptors (Lipinski definition) is 3. The fourth-order valence-electron chi connectivity index (χ4n) is 0.703. The first-order valence-corrected chi connectivity index (χ1v) is 6.28. The summed E-state index contributed by atoms with van der Waals surface area (Å²) in [6.07, 6.45) is 0. The lowest BCUT2D eigenvalue weighted by atomic mass is 10.7. The van der Waals surface area contributed by atoms with Crippen LogP contribution in [0.1, 0.15) is 6.92 Å². The van der Waals surface area contributed by atoms with E-state index in [1.165, 1.54) is 6.07 Å². The van der Waals surface area contributed by atoms with Gasteiger partial charge in [-0.1, -0.05) is 17.5 Å². The first-order valence-electron chi connectivity index (χ1n) is 3.44. The summed E-state index contributed by atoms with van der Waals surface area (Å²) in [7, 11) is -3.24. The van der Waals surface area contributed by atoms with Gasteiger partial charge in [0.15, 0.2) is 9.84 Å². The van der Waals surface area contributed by atoms with Crippen molar-refractivity contribution in [3.05, 3.63) is 16.5 Å². The van der Waals surface area contributed by atoms with E-state index in [9.17, 15) is 8.42 Å². The van der Waals surface area contributed by atoms with Gasteiger partial charge in [-0.15, -0.1) is 17.3 Å². The largest absolute Gasteiger partial charge is 0.222 e. The van der Waals surface area contributed by atoms with Crippen LogP contribution in [0.5, 0.6) is 0 Å². The summed E-state index contributed by atoms with van der Waals surface area (Å²) in [6.45, 7) is 1.61. The van der Waals surface area contributed by atoms with Gasteiger partial charge in [0.25, 0.3) is 0 Å². The molecule has 0 bridgehead atoms. The molecule has 0 saturated heterocycles. The summed E-state index contributed by atoms with van der Waals surface area (Å²) in [5.74, 6) is 4.93. The van der Waals surface area contributed by atoms with Crippen LogP contribution in [0.25, 0.3) is 0 Å². The van der Waals surface area contributed by atoms with Crippen molar-refractivity contribution in [2.75, 3.05) is 5.75 Å². The van der Waals surface area contributed by atoms with Crippen molar-refractivity contribution in [2.45, 2.75) is 11.1 Å². The molecule has 2 nitrogen and oxygen atoms in total. The Kier molecular flexibility index (Phi) is 3.37. The van der Waals surface area contributed by atoms with Gasteiger partial charge in [-0.2, -0.15) is 0 Å². The minimum Gasteiger partial charge on any atom is -0.222 e. The molecule has 5 heteroatoms. The maximum atomic E-state index is 11.5. The number of halogens is 1. The summed E-state index contributed by atoms with van der Waals surface area (Å²) < 4.78 is 23.7. The Bertz CT molecular complexity index is 448. The molecule has 0 aromatic carbocycles. The van der Waals surface area contributed by atoms with E-state index in [2.05, 4.69) is 11.8 Å². The molecule has 0 atom stereocenters. The van der Waals surface area contributed by atoms with Gasteiger partial charge in [0.1, 0.15) is 9.96 Å². The van der Waals surface area contributed by atoms with Gasteiger partial charge in [0, 0.05) is 0 Å². The van der Waals surface area contributed by atoms with E-state index in [0.717, 1.165) is 11.3 Å². The smallest absolute Gasteiger partial charge is 0.198 e.